The van der Waals surface area contributed by atoms with Crippen LogP contribution in [0.25, 0.3) is 0 Å². The van der Waals surface area contributed by atoms with Crippen molar-refractivity contribution in [3.05, 3.63) is 11.9 Å². The first-order chi connectivity index (χ1) is 8.97. The molecule has 0 unspecified atom stereocenters. The molecule has 0 saturated carbocycles. The second-order valence-corrected chi connectivity index (χ2v) is 5.39. The average molecular weight is 267 g/mol. The van der Waals surface area contributed by atoms with Crippen LogP contribution >= 0.6 is 0 Å². The smallest absolute Gasteiger partial charge is 0.218 e. The summed E-state index contributed by atoms with van der Waals surface area (Å²) in [5.74, 6) is 2.21. The molecular formula is C14H25N3O2. The second kappa shape index (κ2) is 7.28. The molecule has 0 spiro atoms. The molecule has 1 rings (SSSR count). The van der Waals surface area contributed by atoms with Gasteiger partial charge in [0, 0.05) is 38.2 Å². The van der Waals surface area contributed by atoms with E-state index in [1.165, 1.54) is 0 Å². The monoisotopic (exact) mass is 267 g/mol. The van der Waals surface area contributed by atoms with Crippen LogP contribution in [-0.4, -0.2) is 36.8 Å². The molecule has 5 heteroatoms. The van der Waals surface area contributed by atoms with E-state index in [2.05, 4.69) is 36.1 Å². The highest BCUT2D eigenvalue weighted by Gasteiger charge is 2.19. The fourth-order valence-electron chi connectivity index (χ4n) is 1.49. The summed E-state index contributed by atoms with van der Waals surface area (Å²) < 4.78 is 10.7. The minimum absolute atomic E-state index is 0.101. The summed E-state index contributed by atoms with van der Waals surface area (Å²) in [6, 6.07) is 1.84. The van der Waals surface area contributed by atoms with Gasteiger partial charge in [-0.1, -0.05) is 20.8 Å². The third-order valence-electron chi connectivity index (χ3n) is 2.47. The number of hydrogen-bond acceptors (Lipinski definition) is 5. The molecule has 0 fully saturated rings. The predicted molar refractivity (Wildman–Crippen MR) is 76.9 cm³/mol. The Morgan fingerprint density at radius 1 is 1.21 bits per heavy atom. The minimum Gasteiger partial charge on any atom is -0.477 e. The molecule has 0 radical (unpaired) electrons. The van der Waals surface area contributed by atoms with E-state index in [4.69, 9.17) is 9.47 Å². The van der Waals surface area contributed by atoms with Crippen LogP contribution < -0.4 is 10.1 Å². The van der Waals surface area contributed by atoms with Gasteiger partial charge in [-0.2, -0.15) is 4.98 Å². The maximum Gasteiger partial charge on any atom is 0.218 e. The van der Waals surface area contributed by atoms with Gasteiger partial charge in [0.2, 0.25) is 5.88 Å². The molecule has 0 aliphatic rings. The summed E-state index contributed by atoms with van der Waals surface area (Å²) in [4.78, 5) is 8.98. The van der Waals surface area contributed by atoms with Crippen LogP contribution in [0, 0.1) is 0 Å². The molecular weight excluding hydrogens is 242 g/mol. The van der Waals surface area contributed by atoms with Crippen LogP contribution in [0.5, 0.6) is 5.88 Å². The van der Waals surface area contributed by atoms with Crippen molar-refractivity contribution in [2.75, 3.05) is 32.2 Å². The van der Waals surface area contributed by atoms with Gasteiger partial charge in [0.1, 0.15) is 11.6 Å². The quantitative estimate of drug-likeness (QED) is 0.770. The van der Waals surface area contributed by atoms with Crippen LogP contribution in [0.15, 0.2) is 6.07 Å². The zero-order valence-electron chi connectivity index (χ0n) is 12.6. The van der Waals surface area contributed by atoms with Crippen molar-refractivity contribution in [2.45, 2.75) is 39.5 Å². The van der Waals surface area contributed by atoms with Crippen LogP contribution in [0.1, 0.15) is 39.9 Å². The number of rotatable bonds is 7. The lowest BCUT2D eigenvalue weighted by atomic mass is 9.96. The summed E-state index contributed by atoms with van der Waals surface area (Å²) in [6.45, 7) is 10.4. The van der Waals surface area contributed by atoms with E-state index in [-0.39, 0.29) is 5.41 Å². The van der Waals surface area contributed by atoms with Gasteiger partial charge in [-0.3, -0.25) is 0 Å². The number of hydrogen-bond donors (Lipinski definition) is 1. The van der Waals surface area contributed by atoms with Crippen molar-refractivity contribution in [2.24, 2.45) is 0 Å². The molecule has 5 nitrogen and oxygen atoms in total. The van der Waals surface area contributed by atoms with Gasteiger partial charge in [-0.15, -0.1) is 0 Å². The zero-order valence-corrected chi connectivity index (χ0v) is 12.6. The van der Waals surface area contributed by atoms with Crippen molar-refractivity contribution in [3.8, 4) is 5.88 Å². The van der Waals surface area contributed by atoms with Gasteiger partial charge < -0.3 is 14.8 Å². The van der Waals surface area contributed by atoms with Crippen LogP contribution in [0.3, 0.4) is 0 Å². The normalized spacial score (nSPS) is 11.4. The summed E-state index contributed by atoms with van der Waals surface area (Å²) in [5.41, 5.74) is -0.101. The highest BCUT2D eigenvalue weighted by Crippen LogP contribution is 2.23. The highest BCUT2D eigenvalue weighted by molar-refractivity contribution is 5.39. The van der Waals surface area contributed by atoms with E-state index in [1.54, 1.807) is 7.11 Å². The van der Waals surface area contributed by atoms with E-state index in [0.717, 1.165) is 24.6 Å². The average Bonchev–Trinajstić information content (AvgIpc) is 2.34. The third-order valence-corrected chi connectivity index (χ3v) is 2.47. The SMILES string of the molecule is CCNc1cc(OCCCOC)nc(C(C)(C)C)n1. The third kappa shape index (κ3) is 5.42. The molecule has 0 aliphatic carbocycles. The van der Waals surface area contributed by atoms with Gasteiger partial charge in [0.15, 0.2) is 0 Å². The molecule has 1 heterocycles. The van der Waals surface area contributed by atoms with Crippen molar-refractivity contribution in [3.63, 3.8) is 0 Å². The topological polar surface area (TPSA) is 56.3 Å². The molecule has 1 aromatic rings. The molecule has 0 atom stereocenters. The van der Waals surface area contributed by atoms with Gasteiger partial charge in [-0.05, 0) is 6.92 Å². The Hall–Kier alpha value is -1.36. The van der Waals surface area contributed by atoms with Gasteiger partial charge in [0.25, 0.3) is 0 Å². The Balaban J connectivity index is 2.81. The molecule has 19 heavy (non-hydrogen) atoms. The van der Waals surface area contributed by atoms with Gasteiger partial charge in [0.05, 0.1) is 6.61 Å². The Labute approximate surface area is 115 Å². The lowest BCUT2D eigenvalue weighted by Crippen LogP contribution is -2.18. The summed E-state index contributed by atoms with van der Waals surface area (Å²) in [5, 5.41) is 3.21. The second-order valence-electron chi connectivity index (χ2n) is 5.39. The van der Waals surface area contributed by atoms with Gasteiger partial charge in [-0.25, -0.2) is 4.98 Å². The number of ether oxygens (including phenoxy) is 2. The first kappa shape index (κ1) is 15.7. The van der Waals surface area contributed by atoms with Crippen molar-refractivity contribution < 1.29 is 9.47 Å². The lowest BCUT2D eigenvalue weighted by Gasteiger charge is -2.18. The molecule has 0 aliphatic heterocycles. The Morgan fingerprint density at radius 3 is 2.53 bits per heavy atom. The molecule has 0 amide bonds. The maximum absolute atomic E-state index is 5.66. The van der Waals surface area contributed by atoms with E-state index >= 15 is 0 Å². The number of nitrogens with one attached hydrogen (secondary N) is 1. The lowest BCUT2D eigenvalue weighted by molar-refractivity contribution is 0.170. The standard InChI is InChI=1S/C14H25N3O2/c1-6-15-11-10-12(19-9-7-8-18-5)17-13(16-11)14(2,3)4/h10H,6-9H2,1-5H3,(H,15,16,17). The maximum atomic E-state index is 5.66. The highest BCUT2D eigenvalue weighted by atomic mass is 16.5. The molecule has 0 bridgehead atoms. The van der Waals surface area contributed by atoms with E-state index in [9.17, 15) is 0 Å². The van der Waals surface area contributed by atoms with E-state index in [0.29, 0.717) is 19.1 Å². The number of nitrogens with zero attached hydrogens (tertiary/aromatic N) is 2. The number of methoxy groups -OCH3 is 1. The van der Waals surface area contributed by atoms with Crippen LogP contribution in [0.2, 0.25) is 0 Å². The molecule has 108 valence electrons. The molecule has 0 aromatic carbocycles. The zero-order chi connectivity index (χ0) is 14.3. The molecule has 0 saturated heterocycles. The largest absolute Gasteiger partial charge is 0.477 e. The summed E-state index contributed by atoms with van der Waals surface area (Å²) in [6.07, 6.45) is 0.849. The number of anilines is 1. The predicted octanol–water partition coefficient (Wildman–Crippen LogP) is 2.62. The Kier molecular flexibility index (Phi) is 6.02. The fraction of sp³-hybridized carbons (Fsp3) is 0.714. The Morgan fingerprint density at radius 2 is 1.95 bits per heavy atom. The first-order valence-corrected chi connectivity index (χ1v) is 6.72. The minimum atomic E-state index is -0.101. The van der Waals surface area contributed by atoms with Crippen molar-refractivity contribution >= 4 is 5.82 Å². The molecule has 1 N–H and O–H groups in total. The van der Waals surface area contributed by atoms with Crippen molar-refractivity contribution in [1.29, 1.82) is 0 Å². The molecule has 1 aromatic heterocycles. The number of aromatic nitrogens is 2. The summed E-state index contributed by atoms with van der Waals surface area (Å²) >= 11 is 0. The fourth-order valence-corrected chi connectivity index (χ4v) is 1.49. The first-order valence-electron chi connectivity index (χ1n) is 6.72. The van der Waals surface area contributed by atoms with E-state index < -0.39 is 0 Å². The Bertz CT molecular complexity index is 389. The van der Waals surface area contributed by atoms with Crippen LogP contribution in [-0.2, 0) is 10.2 Å². The van der Waals surface area contributed by atoms with Crippen molar-refractivity contribution in [1.82, 2.24) is 9.97 Å². The van der Waals surface area contributed by atoms with E-state index in [1.807, 2.05) is 13.0 Å². The summed E-state index contributed by atoms with van der Waals surface area (Å²) in [7, 11) is 1.69. The van der Waals surface area contributed by atoms with Crippen LogP contribution in [0.4, 0.5) is 5.82 Å². The van der Waals surface area contributed by atoms with Gasteiger partial charge >= 0.3 is 0 Å².